The maximum Gasteiger partial charge on any atom is 0.258 e. The van der Waals surface area contributed by atoms with Crippen LogP contribution in [0.5, 0.6) is 17.4 Å². The zero-order valence-electron chi connectivity index (χ0n) is 21.8. The molecule has 0 bridgehead atoms. The van der Waals surface area contributed by atoms with Gasteiger partial charge in [0, 0.05) is 30.7 Å². The third kappa shape index (κ3) is 5.93. The number of unbranched alkanes of at least 4 members (excludes halogenated alkanes) is 1. The maximum atomic E-state index is 5.89. The molecule has 8 nitrogen and oxygen atoms in total. The molecule has 36 heavy (non-hydrogen) atoms. The Balaban J connectivity index is 0.00000361. The van der Waals surface area contributed by atoms with E-state index in [4.69, 9.17) is 28.8 Å². The first-order valence-electron chi connectivity index (χ1n) is 12.4. The van der Waals surface area contributed by atoms with Gasteiger partial charge in [-0.2, -0.15) is 0 Å². The predicted molar refractivity (Wildman–Crippen MR) is 150 cm³/mol. The van der Waals surface area contributed by atoms with Gasteiger partial charge in [0.2, 0.25) is 0 Å². The minimum Gasteiger partial charge on any atom is -0.496 e. The van der Waals surface area contributed by atoms with Crippen molar-refractivity contribution in [3.05, 3.63) is 22.6 Å². The number of methoxy groups -OCH3 is 3. The first-order chi connectivity index (χ1) is 17.1. The van der Waals surface area contributed by atoms with E-state index in [2.05, 4.69) is 12.2 Å². The number of fused-ring (bicyclic) bond motifs is 1. The molecule has 1 saturated heterocycles. The number of hydrogen-bond donors (Lipinski definition) is 1. The highest BCUT2D eigenvalue weighted by Crippen LogP contribution is 2.47. The van der Waals surface area contributed by atoms with Gasteiger partial charge in [0.1, 0.15) is 22.0 Å². The van der Waals surface area contributed by atoms with E-state index in [-0.39, 0.29) is 17.0 Å². The first kappa shape index (κ1) is 28.6. The highest BCUT2D eigenvalue weighted by atomic mass is 79.9. The number of nitrogens with zero attached hydrogens (tertiary/aromatic N) is 2. The molecule has 4 rings (SSSR count). The van der Waals surface area contributed by atoms with E-state index in [1.807, 2.05) is 23.6 Å². The van der Waals surface area contributed by atoms with Gasteiger partial charge in [0.25, 0.3) is 5.88 Å². The molecule has 0 atom stereocenters. The quantitative estimate of drug-likeness (QED) is 0.274. The molecule has 1 aliphatic heterocycles. The van der Waals surface area contributed by atoms with Crippen LogP contribution in [0.3, 0.4) is 0 Å². The second kappa shape index (κ2) is 13.5. The van der Waals surface area contributed by atoms with Crippen molar-refractivity contribution in [3.63, 3.8) is 0 Å². The van der Waals surface area contributed by atoms with Crippen molar-refractivity contribution in [2.24, 2.45) is 0 Å². The van der Waals surface area contributed by atoms with Crippen molar-refractivity contribution in [1.82, 2.24) is 9.61 Å². The second-order valence-electron chi connectivity index (χ2n) is 8.62. The van der Waals surface area contributed by atoms with Gasteiger partial charge >= 0.3 is 0 Å². The number of aromatic nitrogens is 2. The Morgan fingerprint density at radius 2 is 1.78 bits per heavy atom. The van der Waals surface area contributed by atoms with Gasteiger partial charge in [-0.25, -0.2) is 4.52 Å². The Morgan fingerprint density at radius 1 is 1.08 bits per heavy atom. The Labute approximate surface area is 228 Å². The van der Waals surface area contributed by atoms with Crippen LogP contribution in [0, 0.1) is 0 Å². The summed E-state index contributed by atoms with van der Waals surface area (Å²) in [7, 11) is 5.06. The summed E-state index contributed by atoms with van der Waals surface area (Å²) in [5.41, 5.74) is 3.84. The highest BCUT2D eigenvalue weighted by molar-refractivity contribution is 8.93. The molecule has 0 amide bonds. The van der Waals surface area contributed by atoms with E-state index in [1.54, 1.807) is 32.7 Å². The minimum atomic E-state index is 0. The van der Waals surface area contributed by atoms with Crippen LogP contribution in [0.1, 0.15) is 50.0 Å². The third-order valence-corrected chi connectivity index (χ3v) is 7.52. The molecule has 0 aliphatic carbocycles. The van der Waals surface area contributed by atoms with Crippen molar-refractivity contribution in [3.8, 4) is 28.6 Å². The summed E-state index contributed by atoms with van der Waals surface area (Å²) < 4.78 is 30.7. The van der Waals surface area contributed by atoms with E-state index in [9.17, 15) is 0 Å². The summed E-state index contributed by atoms with van der Waals surface area (Å²) in [5, 5.41) is 8.60. The van der Waals surface area contributed by atoms with Crippen LogP contribution in [-0.2, 0) is 22.5 Å². The molecule has 3 heterocycles. The molecular formula is C26H38BrN3O5S. The fraction of sp³-hybridized carbons (Fsp3) is 0.577. The Bertz CT molecular complexity index is 1100. The number of anilines is 1. The molecule has 1 N–H and O–H groups in total. The summed E-state index contributed by atoms with van der Waals surface area (Å²) in [6.07, 6.45) is 5.07. The predicted octanol–water partition coefficient (Wildman–Crippen LogP) is 6.14. The van der Waals surface area contributed by atoms with Crippen LogP contribution in [0.15, 0.2) is 12.1 Å². The molecule has 200 valence electrons. The summed E-state index contributed by atoms with van der Waals surface area (Å²) in [6.45, 7) is 6.88. The SMILES string of the molecule is Br.CCCCc1sc2c(NC3CCOCC3)c(OC)nn2c1-c1c(OC)cc(COCC)cc1OC. The average Bonchev–Trinajstić information content (AvgIpc) is 3.41. The Hall–Kier alpha value is -2.01. The van der Waals surface area contributed by atoms with Crippen LogP contribution in [0.25, 0.3) is 16.1 Å². The van der Waals surface area contributed by atoms with Gasteiger partial charge in [-0.3, -0.25) is 0 Å². The van der Waals surface area contributed by atoms with Gasteiger partial charge in [0.05, 0.1) is 39.2 Å². The van der Waals surface area contributed by atoms with Crippen LogP contribution < -0.4 is 19.5 Å². The van der Waals surface area contributed by atoms with Crippen molar-refractivity contribution < 1.29 is 23.7 Å². The fourth-order valence-electron chi connectivity index (χ4n) is 4.48. The lowest BCUT2D eigenvalue weighted by atomic mass is 10.0. The summed E-state index contributed by atoms with van der Waals surface area (Å²) in [4.78, 5) is 2.29. The third-order valence-electron chi connectivity index (χ3n) is 6.30. The standard InChI is InChI=1S/C26H37N3O5S.BrH/c1-6-8-9-21-24(22-19(30-3)14-17(16-33-7-2)15-20(22)31-4)29-26(35-21)23(25(28-29)32-5)27-18-10-12-34-13-11-18;/h14-15,18,27H,6-13,16H2,1-5H3;1H. The average molecular weight is 585 g/mol. The molecule has 0 spiro atoms. The minimum absolute atomic E-state index is 0. The van der Waals surface area contributed by atoms with Gasteiger partial charge in [0.15, 0.2) is 0 Å². The van der Waals surface area contributed by atoms with Crippen LogP contribution in [-0.4, -0.2) is 56.8 Å². The number of halogens is 1. The molecule has 0 saturated carbocycles. The number of ether oxygens (including phenoxy) is 5. The molecule has 1 aromatic carbocycles. The van der Waals surface area contributed by atoms with Crippen LogP contribution >= 0.6 is 28.3 Å². The van der Waals surface area contributed by atoms with Crippen LogP contribution in [0.2, 0.25) is 0 Å². The lowest BCUT2D eigenvalue weighted by Crippen LogP contribution is -2.27. The normalized spacial score (nSPS) is 14.0. The summed E-state index contributed by atoms with van der Waals surface area (Å²) in [6, 6.07) is 4.39. The van der Waals surface area contributed by atoms with Crippen molar-refractivity contribution in [2.75, 3.05) is 46.5 Å². The molecule has 1 aliphatic rings. The number of thiazole rings is 1. The lowest BCUT2D eigenvalue weighted by Gasteiger charge is -2.23. The zero-order chi connectivity index (χ0) is 24.8. The largest absolute Gasteiger partial charge is 0.496 e. The number of hydrogen-bond acceptors (Lipinski definition) is 8. The van der Waals surface area contributed by atoms with Gasteiger partial charge in [-0.1, -0.05) is 13.3 Å². The van der Waals surface area contributed by atoms with Crippen molar-refractivity contribution >= 4 is 38.8 Å². The van der Waals surface area contributed by atoms with Crippen LogP contribution in [0.4, 0.5) is 5.69 Å². The van der Waals surface area contributed by atoms with E-state index in [0.29, 0.717) is 25.1 Å². The molecule has 0 unspecified atom stereocenters. The molecule has 0 radical (unpaired) electrons. The molecular weight excluding hydrogens is 546 g/mol. The summed E-state index contributed by atoms with van der Waals surface area (Å²) in [5.74, 6) is 2.08. The number of nitrogens with one attached hydrogen (secondary N) is 1. The Kier molecular flexibility index (Phi) is 10.7. The van der Waals surface area contributed by atoms with Crippen molar-refractivity contribution in [2.45, 2.75) is 58.6 Å². The van der Waals surface area contributed by atoms with E-state index in [0.717, 1.165) is 84.2 Å². The van der Waals surface area contributed by atoms with Gasteiger partial charge in [-0.15, -0.1) is 33.4 Å². The number of benzene rings is 1. The second-order valence-corrected chi connectivity index (χ2v) is 9.71. The lowest BCUT2D eigenvalue weighted by molar-refractivity contribution is 0.0904. The topological polar surface area (TPSA) is 75.5 Å². The van der Waals surface area contributed by atoms with E-state index >= 15 is 0 Å². The zero-order valence-corrected chi connectivity index (χ0v) is 24.4. The highest BCUT2D eigenvalue weighted by Gasteiger charge is 2.28. The molecule has 2 aromatic heterocycles. The maximum absolute atomic E-state index is 5.89. The Morgan fingerprint density at radius 3 is 2.36 bits per heavy atom. The van der Waals surface area contributed by atoms with E-state index < -0.39 is 0 Å². The van der Waals surface area contributed by atoms with Crippen molar-refractivity contribution in [1.29, 1.82) is 0 Å². The first-order valence-corrected chi connectivity index (χ1v) is 13.2. The fourth-order valence-corrected chi connectivity index (χ4v) is 5.71. The molecule has 3 aromatic rings. The number of rotatable bonds is 12. The van der Waals surface area contributed by atoms with Gasteiger partial charge in [-0.05, 0) is 50.3 Å². The summed E-state index contributed by atoms with van der Waals surface area (Å²) >= 11 is 1.76. The molecule has 10 heteroatoms. The smallest absolute Gasteiger partial charge is 0.258 e. The monoisotopic (exact) mass is 583 g/mol. The number of aryl methyl sites for hydroxylation is 1. The van der Waals surface area contributed by atoms with E-state index in [1.165, 1.54) is 4.88 Å². The van der Waals surface area contributed by atoms with Gasteiger partial charge < -0.3 is 29.0 Å². The molecule has 1 fully saturated rings.